The van der Waals surface area contributed by atoms with Gasteiger partial charge in [-0.3, -0.25) is 4.79 Å². The second-order valence-electron chi connectivity index (χ2n) is 4.51. The van der Waals surface area contributed by atoms with E-state index in [1.165, 1.54) is 31.2 Å². The van der Waals surface area contributed by atoms with E-state index in [1.807, 2.05) is 0 Å². The fraction of sp³-hybridized carbons (Fsp3) is 0.214. The van der Waals surface area contributed by atoms with Gasteiger partial charge in [0.1, 0.15) is 12.1 Å². The van der Waals surface area contributed by atoms with Crippen molar-refractivity contribution >= 4 is 11.6 Å². The van der Waals surface area contributed by atoms with Crippen molar-refractivity contribution in [1.82, 2.24) is 9.78 Å². The van der Waals surface area contributed by atoms with Crippen LogP contribution in [0.5, 0.6) is 0 Å². The number of aryl methyl sites for hydroxylation is 1. The number of alkyl halides is 3. The van der Waals surface area contributed by atoms with Crippen molar-refractivity contribution in [3.8, 4) is 11.8 Å². The van der Waals surface area contributed by atoms with Crippen molar-refractivity contribution < 1.29 is 18.0 Å². The summed E-state index contributed by atoms with van der Waals surface area (Å²) >= 11 is 0. The van der Waals surface area contributed by atoms with Crippen LogP contribution in [-0.2, 0) is 11.0 Å². The first-order valence-corrected chi connectivity index (χ1v) is 6.22. The smallest absolute Gasteiger partial charge is 0.325 e. The van der Waals surface area contributed by atoms with Gasteiger partial charge in [-0.15, -0.1) is 0 Å². The summed E-state index contributed by atoms with van der Waals surface area (Å²) < 4.78 is 39.6. The number of benzene rings is 1. The molecule has 0 radical (unpaired) electrons. The van der Waals surface area contributed by atoms with Crippen LogP contribution in [0.3, 0.4) is 0 Å². The molecule has 8 heteroatoms. The maximum Gasteiger partial charge on any atom is 0.433 e. The Hall–Kier alpha value is -2.82. The minimum Gasteiger partial charge on any atom is -0.325 e. The highest BCUT2D eigenvalue weighted by atomic mass is 19.4. The van der Waals surface area contributed by atoms with Crippen molar-refractivity contribution in [3.63, 3.8) is 0 Å². The quantitative estimate of drug-likeness (QED) is 0.947. The minimum atomic E-state index is -4.51. The minimum absolute atomic E-state index is 0.221. The third-order valence-electron chi connectivity index (χ3n) is 2.76. The lowest BCUT2D eigenvalue weighted by atomic mass is 10.2. The lowest BCUT2D eigenvalue weighted by molar-refractivity contribution is -0.142. The fourth-order valence-electron chi connectivity index (χ4n) is 1.86. The maximum absolute atomic E-state index is 12.9. The van der Waals surface area contributed by atoms with E-state index in [0.717, 1.165) is 10.7 Å². The Morgan fingerprint density at radius 2 is 2.00 bits per heavy atom. The Bertz CT molecular complexity index is 726. The molecule has 0 bridgehead atoms. The molecule has 0 aliphatic heterocycles. The number of nitriles is 1. The van der Waals surface area contributed by atoms with E-state index in [9.17, 15) is 18.0 Å². The van der Waals surface area contributed by atoms with Crippen LogP contribution in [0, 0.1) is 18.3 Å². The number of carbonyl (C=O) groups excluding carboxylic acids is 1. The second kappa shape index (κ2) is 5.89. The van der Waals surface area contributed by atoms with E-state index in [1.54, 1.807) is 6.07 Å². The second-order valence-corrected chi connectivity index (χ2v) is 4.51. The average Bonchev–Trinajstić information content (AvgIpc) is 2.82. The Labute approximate surface area is 124 Å². The molecule has 1 amide bonds. The molecule has 0 aliphatic carbocycles. The summed E-state index contributed by atoms with van der Waals surface area (Å²) in [6.45, 7) is 1.47. The summed E-state index contributed by atoms with van der Waals surface area (Å²) in [5.74, 6) is -0.485. The monoisotopic (exact) mass is 308 g/mol. The third-order valence-corrected chi connectivity index (χ3v) is 2.76. The van der Waals surface area contributed by atoms with Gasteiger partial charge in [0, 0.05) is 5.69 Å². The molecule has 0 saturated carbocycles. The zero-order chi connectivity index (χ0) is 16.3. The van der Waals surface area contributed by atoms with Crippen LogP contribution >= 0.6 is 0 Å². The van der Waals surface area contributed by atoms with E-state index in [2.05, 4.69) is 10.4 Å². The number of amides is 1. The highest BCUT2D eigenvalue weighted by Gasteiger charge is 2.35. The topological polar surface area (TPSA) is 70.7 Å². The van der Waals surface area contributed by atoms with Gasteiger partial charge in [0.25, 0.3) is 0 Å². The number of halogens is 3. The van der Waals surface area contributed by atoms with Gasteiger partial charge in [-0.1, -0.05) is 0 Å². The summed E-state index contributed by atoms with van der Waals surface area (Å²) in [5.41, 5.74) is -0.00913. The number of rotatable bonds is 3. The highest BCUT2D eigenvalue weighted by molar-refractivity contribution is 5.92. The molecule has 1 aromatic heterocycles. The van der Waals surface area contributed by atoms with Gasteiger partial charge in [-0.05, 0) is 37.3 Å². The number of hydrogen-bond acceptors (Lipinski definition) is 3. The lowest BCUT2D eigenvalue weighted by Gasteiger charge is -2.11. The zero-order valence-corrected chi connectivity index (χ0v) is 11.5. The van der Waals surface area contributed by atoms with Crippen LogP contribution in [0.2, 0.25) is 0 Å². The number of aromatic nitrogens is 2. The van der Waals surface area contributed by atoms with Crippen LogP contribution in [-0.4, -0.2) is 15.7 Å². The Morgan fingerprint density at radius 3 is 2.55 bits per heavy atom. The third kappa shape index (κ3) is 3.44. The normalized spacial score (nSPS) is 11.0. The SMILES string of the molecule is Cc1cc(C(F)(F)F)n(-c2ccc(NC(=O)CC#N)cc2)n1. The molecule has 1 aromatic carbocycles. The van der Waals surface area contributed by atoms with E-state index >= 15 is 0 Å². The van der Waals surface area contributed by atoms with Gasteiger partial charge < -0.3 is 5.32 Å². The van der Waals surface area contributed by atoms with Crippen LogP contribution in [0.25, 0.3) is 5.69 Å². The molecule has 0 saturated heterocycles. The van der Waals surface area contributed by atoms with Gasteiger partial charge in [-0.25, -0.2) is 4.68 Å². The van der Waals surface area contributed by atoms with E-state index < -0.39 is 17.8 Å². The molecular weight excluding hydrogens is 297 g/mol. The number of nitrogens with zero attached hydrogens (tertiary/aromatic N) is 3. The van der Waals surface area contributed by atoms with E-state index in [-0.39, 0.29) is 17.8 Å². The van der Waals surface area contributed by atoms with Crippen molar-refractivity contribution in [2.45, 2.75) is 19.5 Å². The first kappa shape index (κ1) is 15.6. The van der Waals surface area contributed by atoms with Crippen LogP contribution < -0.4 is 5.32 Å². The Balaban J connectivity index is 2.29. The molecule has 0 aliphatic rings. The van der Waals surface area contributed by atoms with Crippen LogP contribution in [0.4, 0.5) is 18.9 Å². The molecule has 0 fully saturated rings. The average molecular weight is 308 g/mol. The molecule has 2 rings (SSSR count). The Morgan fingerprint density at radius 1 is 1.36 bits per heavy atom. The first-order chi connectivity index (χ1) is 10.3. The summed E-state index contributed by atoms with van der Waals surface area (Å²) in [5, 5.41) is 14.7. The number of nitrogens with one attached hydrogen (secondary N) is 1. The largest absolute Gasteiger partial charge is 0.433 e. The fourth-order valence-corrected chi connectivity index (χ4v) is 1.86. The molecule has 5 nitrogen and oxygen atoms in total. The molecule has 0 unspecified atom stereocenters. The standard InChI is InChI=1S/C14H11F3N4O/c1-9-8-12(14(15,16)17)21(20-9)11-4-2-10(3-5-11)19-13(22)6-7-18/h2-5,8H,6H2,1H3,(H,19,22). The molecular formula is C14H11F3N4O. The summed E-state index contributed by atoms with van der Waals surface area (Å²) in [4.78, 5) is 11.3. The van der Waals surface area contributed by atoms with Gasteiger partial charge >= 0.3 is 6.18 Å². The van der Waals surface area contributed by atoms with E-state index in [4.69, 9.17) is 5.26 Å². The van der Waals surface area contributed by atoms with Gasteiger partial charge in [0.05, 0.1) is 17.5 Å². The van der Waals surface area contributed by atoms with Gasteiger partial charge in [-0.2, -0.15) is 23.5 Å². The highest BCUT2D eigenvalue weighted by Crippen LogP contribution is 2.31. The first-order valence-electron chi connectivity index (χ1n) is 6.22. The number of anilines is 1. The zero-order valence-electron chi connectivity index (χ0n) is 11.5. The maximum atomic E-state index is 12.9. The number of carbonyl (C=O) groups is 1. The Kier molecular flexibility index (Phi) is 4.17. The molecule has 0 spiro atoms. The molecule has 1 N–H and O–H groups in total. The van der Waals surface area contributed by atoms with Gasteiger partial charge in [0.15, 0.2) is 0 Å². The molecule has 114 valence electrons. The predicted molar refractivity (Wildman–Crippen MR) is 72.2 cm³/mol. The van der Waals surface area contributed by atoms with Crippen LogP contribution in [0.15, 0.2) is 30.3 Å². The van der Waals surface area contributed by atoms with Crippen LogP contribution in [0.1, 0.15) is 17.8 Å². The van der Waals surface area contributed by atoms with Crippen molar-refractivity contribution in [1.29, 1.82) is 5.26 Å². The van der Waals surface area contributed by atoms with Crippen molar-refractivity contribution in [3.05, 3.63) is 41.7 Å². The molecule has 22 heavy (non-hydrogen) atoms. The number of hydrogen-bond donors (Lipinski definition) is 1. The van der Waals surface area contributed by atoms with Gasteiger partial charge in [0.2, 0.25) is 5.91 Å². The molecule has 0 atom stereocenters. The summed E-state index contributed by atoms with van der Waals surface area (Å²) in [7, 11) is 0. The molecule has 1 heterocycles. The lowest BCUT2D eigenvalue weighted by Crippen LogP contribution is -2.13. The van der Waals surface area contributed by atoms with E-state index in [0.29, 0.717) is 5.69 Å². The summed E-state index contributed by atoms with van der Waals surface area (Å²) in [6, 6.07) is 8.37. The predicted octanol–water partition coefficient (Wildman–Crippen LogP) is 3.05. The summed E-state index contributed by atoms with van der Waals surface area (Å²) in [6.07, 6.45) is -4.81. The molecule has 2 aromatic rings. The van der Waals surface area contributed by atoms with Crippen molar-refractivity contribution in [2.75, 3.05) is 5.32 Å². The van der Waals surface area contributed by atoms with Crippen molar-refractivity contribution in [2.24, 2.45) is 0 Å².